The Morgan fingerprint density at radius 2 is 2.11 bits per heavy atom. The molecule has 1 saturated carbocycles. The van der Waals surface area contributed by atoms with Crippen molar-refractivity contribution in [2.24, 2.45) is 5.92 Å². The van der Waals surface area contributed by atoms with Gasteiger partial charge in [0, 0.05) is 16.6 Å². The summed E-state index contributed by atoms with van der Waals surface area (Å²) in [7, 11) is 0. The zero-order valence-corrected chi connectivity index (χ0v) is 11.4. The van der Waals surface area contributed by atoms with Gasteiger partial charge in [0.25, 0.3) is 5.91 Å². The van der Waals surface area contributed by atoms with Crippen molar-refractivity contribution in [1.29, 1.82) is 0 Å². The molecule has 0 spiro atoms. The molecule has 102 valence electrons. The Morgan fingerprint density at radius 3 is 2.68 bits per heavy atom. The predicted molar refractivity (Wildman–Crippen MR) is 72.4 cm³/mol. The van der Waals surface area contributed by atoms with Gasteiger partial charge in [0.05, 0.1) is 5.92 Å². The SMILES string of the molecule is Cc1ccc(C(=O)N[C@H]2CC[C@H](C(=O)O)C2)cc1Cl. The van der Waals surface area contributed by atoms with Crippen molar-refractivity contribution >= 4 is 23.5 Å². The molecule has 5 heteroatoms. The average Bonchev–Trinajstić information content (AvgIpc) is 2.81. The average molecular weight is 282 g/mol. The van der Waals surface area contributed by atoms with Gasteiger partial charge in [-0.15, -0.1) is 0 Å². The molecule has 1 aliphatic rings. The van der Waals surface area contributed by atoms with E-state index in [4.69, 9.17) is 16.7 Å². The maximum Gasteiger partial charge on any atom is 0.306 e. The molecule has 0 heterocycles. The molecule has 0 unspecified atom stereocenters. The fraction of sp³-hybridized carbons (Fsp3) is 0.429. The Labute approximate surface area is 116 Å². The fourth-order valence-corrected chi connectivity index (χ4v) is 2.52. The minimum absolute atomic E-state index is 0.0614. The molecule has 2 rings (SSSR count). The number of carbonyl (C=O) groups is 2. The summed E-state index contributed by atoms with van der Waals surface area (Å²) in [6.07, 6.45) is 1.83. The van der Waals surface area contributed by atoms with Crippen molar-refractivity contribution in [2.75, 3.05) is 0 Å². The number of hydrogen-bond acceptors (Lipinski definition) is 2. The summed E-state index contributed by atoms with van der Waals surface area (Å²) in [6.45, 7) is 1.87. The van der Waals surface area contributed by atoms with Gasteiger partial charge in [-0.2, -0.15) is 0 Å². The molecule has 19 heavy (non-hydrogen) atoms. The lowest BCUT2D eigenvalue weighted by atomic mass is 10.1. The zero-order valence-electron chi connectivity index (χ0n) is 10.6. The van der Waals surface area contributed by atoms with Gasteiger partial charge in [0.15, 0.2) is 0 Å². The van der Waals surface area contributed by atoms with Crippen molar-refractivity contribution in [3.8, 4) is 0 Å². The quantitative estimate of drug-likeness (QED) is 0.895. The maximum atomic E-state index is 12.0. The van der Waals surface area contributed by atoms with E-state index in [1.165, 1.54) is 0 Å². The van der Waals surface area contributed by atoms with Crippen LogP contribution >= 0.6 is 11.6 Å². The molecule has 1 aromatic rings. The molecule has 0 aliphatic heterocycles. The van der Waals surface area contributed by atoms with Gasteiger partial charge >= 0.3 is 5.97 Å². The number of carbonyl (C=O) groups excluding carboxylic acids is 1. The normalized spacial score (nSPS) is 22.2. The van der Waals surface area contributed by atoms with E-state index in [0.717, 1.165) is 5.56 Å². The summed E-state index contributed by atoms with van der Waals surface area (Å²) >= 11 is 5.98. The highest BCUT2D eigenvalue weighted by atomic mass is 35.5. The molecule has 0 aromatic heterocycles. The number of carboxylic acid groups (broad SMARTS) is 1. The fourth-order valence-electron chi connectivity index (χ4n) is 2.34. The molecule has 1 aliphatic carbocycles. The van der Waals surface area contributed by atoms with Crippen molar-refractivity contribution in [3.05, 3.63) is 34.3 Å². The number of carboxylic acids is 1. The molecule has 0 radical (unpaired) electrons. The highest BCUT2D eigenvalue weighted by molar-refractivity contribution is 6.31. The van der Waals surface area contributed by atoms with E-state index in [1.807, 2.05) is 6.92 Å². The zero-order chi connectivity index (χ0) is 14.0. The third kappa shape index (κ3) is 3.26. The molecule has 0 saturated heterocycles. The first kappa shape index (κ1) is 13.9. The first-order valence-corrected chi connectivity index (χ1v) is 6.65. The Hall–Kier alpha value is -1.55. The van der Waals surface area contributed by atoms with Gasteiger partial charge in [-0.1, -0.05) is 17.7 Å². The van der Waals surface area contributed by atoms with Crippen LogP contribution in [0.1, 0.15) is 35.2 Å². The molecule has 4 nitrogen and oxygen atoms in total. The smallest absolute Gasteiger partial charge is 0.306 e. The molecule has 1 fully saturated rings. The second kappa shape index (κ2) is 5.61. The maximum absolute atomic E-state index is 12.0. The third-order valence-electron chi connectivity index (χ3n) is 3.55. The third-order valence-corrected chi connectivity index (χ3v) is 3.96. The van der Waals surface area contributed by atoms with Crippen molar-refractivity contribution in [2.45, 2.75) is 32.2 Å². The first-order valence-electron chi connectivity index (χ1n) is 6.27. The van der Waals surface area contributed by atoms with Gasteiger partial charge in [-0.05, 0) is 43.9 Å². The largest absolute Gasteiger partial charge is 0.481 e. The second-order valence-electron chi connectivity index (χ2n) is 4.98. The van der Waals surface area contributed by atoms with Crippen LogP contribution in [-0.2, 0) is 4.79 Å². The van der Waals surface area contributed by atoms with E-state index in [-0.39, 0.29) is 17.9 Å². The van der Waals surface area contributed by atoms with Gasteiger partial charge in [0.2, 0.25) is 0 Å². The Bertz CT molecular complexity index is 515. The molecular formula is C14H16ClNO3. The second-order valence-corrected chi connectivity index (χ2v) is 5.39. The number of hydrogen-bond donors (Lipinski definition) is 2. The van der Waals surface area contributed by atoms with Gasteiger partial charge in [0.1, 0.15) is 0 Å². The summed E-state index contributed by atoms with van der Waals surface area (Å²) in [6, 6.07) is 5.09. The minimum Gasteiger partial charge on any atom is -0.481 e. The molecule has 2 atom stereocenters. The summed E-state index contributed by atoms with van der Waals surface area (Å²) < 4.78 is 0. The lowest BCUT2D eigenvalue weighted by Gasteiger charge is -2.13. The Kier molecular flexibility index (Phi) is 4.10. The van der Waals surface area contributed by atoms with E-state index in [9.17, 15) is 9.59 Å². The lowest BCUT2D eigenvalue weighted by Crippen LogP contribution is -2.33. The highest BCUT2D eigenvalue weighted by Gasteiger charge is 2.30. The lowest BCUT2D eigenvalue weighted by molar-refractivity contribution is -0.141. The molecule has 2 N–H and O–H groups in total. The van der Waals surface area contributed by atoms with E-state index >= 15 is 0 Å². The van der Waals surface area contributed by atoms with Crippen LogP contribution in [0.4, 0.5) is 0 Å². The number of benzene rings is 1. The van der Waals surface area contributed by atoms with Crippen molar-refractivity contribution in [1.82, 2.24) is 5.32 Å². The summed E-state index contributed by atoms with van der Waals surface area (Å²) in [5, 5.41) is 12.3. The molecular weight excluding hydrogens is 266 g/mol. The van der Waals surface area contributed by atoms with Crippen LogP contribution in [0.2, 0.25) is 5.02 Å². The number of halogens is 1. The molecule has 1 amide bonds. The first-order chi connectivity index (χ1) is 8.97. The Morgan fingerprint density at radius 1 is 1.37 bits per heavy atom. The number of nitrogens with one attached hydrogen (secondary N) is 1. The highest BCUT2D eigenvalue weighted by Crippen LogP contribution is 2.26. The Balaban J connectivity index is 1.98. The van der Waals surface area contributed by atoms with Crippen molar-refractivity contribution < 1.29 is 14.7 Å². The monoisotopic (exact) mass is 281 g/mol. The summed E-state index contributed by atoms with van der Waals surface area (Å²) in [4.78, 5) is 22.9. The van der Waals surface area contributed by atoms with Crippen LogP contribution in [0, 0.1) is 12.8 Å². The van der Waals surface area contributed by atoms with Gasteiger partial charge in [-0.25, -0.2) is 0 Å². The van der Waals surface area contributed by atoms with E-state index in [2.05, 4.69) is 5.32 Å². The van der Waals surface area contributed by atoms with E-state index in [0.29, 0.717) is 29.8 Å². The van der Waals surface area contributed by atoms with Crippen LogP contribution in [0.5, 0.6) is 0 Å². The topological polar surface area (TPSA) is 66.4 Å². The minimum atomic E-state index is -0.782. The van der Waals surface area contributed by atoms with Crippen LogP contribution < -0.4 is 5.32 Å². The van der Waals surface area contributed by atoms with Gasteiger partial charge < -0.3 is 10.4 Å². The van der Waals surface area contributed by atoms with Crippen LogP contribution in [0.15, 0.2) is 18.2 Å². The van der Waals surface area contributed by atoms with Crippen molar-refractivity contribution in [3.63, 3.8) is 0 Å². The standard InChI is InChI=1S/C14H16ClNO3/c1-8-2-3-9(7-12(8)15)13(17)16-11-5-4-10(6-11)14(18)19/h2-3,7,10-11H,4-6H2,1H3,(H,16,17)(H,18,19)/t10-,11-/m0/s1. The number of aryl methyl sites for hydroxylation is 1. The van der Waals surface area contributed by atoms with Gasteiger partial charge in [-0.3, -0.25) is 9.59 Å². The van der Waals surface area contributed by atoms with Crippen LogP contribution in [0.3, 0.4) is 0 Å². The predicted octanol–water partition coefficient (Wildman–Crippen LogP) is 2.63. The number of amides is 1. The number of aliphatic carboxylic acids is 1. The molecule has 0 bridgehead atoms. The van der Waals surface area contributed by atoms with Crippen LogP contribution in [0.25, 0.3) is 0 Å². The van der Waals surface area contributed by atoms with Crippen LogP contribution in [-0.4, -0.2) is 23.0 Å². The summed E-state index contributed by atoms with van der Waals surface area (Å²) in [5.41, 5.74) is 1.43. The molecule has 1 aromatic carbocycles. The summed E-state index contributed by atoms with van der Waals surface area (Å²) in [5.74, 6) is -1.32. The van der Waals surface area contributed by atoms with E-state index < -0.39 is 5.97 Å². The number of rotatable bonds is 3. The van der Waals surface area contributed by atoms with E-state index in [1.54, 1.807) is 18.2 Å².